The molecule has 0 unspecified atom stereocenters. The first-order valence-electron chi connectivity index (χ1n) is 11.1. The van der Waals surface area contributed by atoms with Crippen LogP contribution < -0.4 is 15.5 Å². The number of pyridine rings is 1. The van der Waals surface area contributed by atoms with Crippen LogP contribution in [0.1, 0.15) is 44.1 Å². The van der Waals surface area contributed by atoms with E-state index in [1.54, 1.807) is 0 Å². The van der Waals surface area contributed by atoms with Crippen LogP contribution in [0.4, 0.5) is 11.5 Å². The van der Waals surface area contributed by atoms with E-state index < -0.39 is 0 Å². The maximum absolute atomic E-state index is 5.63. The van der Waals surface area contributed by atoms with Gasteiger partial charge >= 0.3 is 0 Å². The molecule has 4 rings (SSSR count). The highest BCUT2D eigenvalue weighted by Gasteiger charge is 2.34. The van der Waals surface area contributed by atoms with E-state index in [4.69, 9.17) is 17.0 Å². The van der Waals surface area contributed by atoms with Crippen LogP contribution in [0.25, 0.3) is 0 Å². The normalized spacial score (nSPS) is 19.0. The van der Waals surface area contributed by atoms with E-state index in [2.05, 4.69) is 63.0 Å². The molecular weight excluding hydrogens is 392 g/mol. The van der Waals surface area contributed by atoms with Crippen LogP contribution >= 0.6 is 12.2 Å². The first kappa shape index (κ1) is 21.1. The van der Waals surface area contributed by atoms with E-state index in [-0.39, 0.29) is 5.41 Å². The topological polar surface area (TPSA) is 49.4 Å². The fourth-order valence-corrected chi connectivity index (χ4v) is 4.68. The maximum atomic E-state index is 5.63. The summed E-state index contributed by atoms with van der Waals surface area (Å²) < 4.78 is 5.63. The third-order valence-corrected chi connectivity index (χ3v) is 6.61. The molecular formula is C24H32N4OS. The van der Waals surface area contributed by atoms with Crippen molar-refractivity contribution in [3.63, 3.8) is 0 Å². The average molecular weight is 425 g/mol. The molecule has 2 aliphatic rings. The van der Waals surface area contributed by atoms with Crippen LogP contribution in [0.2, 0.25) is 0 Å². The Hall–Kier alpha value is -2.18. The van der Waals surface area contributed by atoms with E-state index in [9.17, 15) is 0 Å². The number of anilines is 2. The summed E-state index contributed by atoms with van der Waals surface area (Å²) in [7, 11) is 0. The molecule has 2 fully saturated rings. The summed E-state index contributed by atoms with van der Waals surface area (Å²) in [6.07, 6.45) is 9.04. The molecule has 30 heavy (non-hydrogen) atoms. The van der Waals surface area contributed by atoms with Gasteiger partial charge in [-0.2, -0.15) is 0 Å². The minimum Gasteiger partial charge on any atom is -0.381 e. The van der Waals surface area contributed by atoms with Crippen LogP contribution in [0.3, 0.4) is 0 Å². The maximum Gasteiger partial charge on any atom is 0.170 e. The van der Waals surface area contributed by atoms with Gasteiger partial charge in [0.05, 0.1) is 11.9 Å². The first-order chi connectivity index (χ1) is 14.8. The lowest BCUT2D eigenvalue weighted by molar-refractivity contribution is 0.0515. The summed E-state index contributed by atoms with van der Waals surface area (Å²) >= 11 is 5.59. The third kappa shape index (κ3) is 5.29. The number of hydrogen-bond donors (Lipinski definition) is 2. The summed E-state index contributed by atoms with van der Waals surface area (Å²) in [5.41, 5.74) is 2.33. The Morgan fingerprint density at radius 3 is 2.40 bits per heavy atom. The van der Waals surface area contributed by atoms with Gasteiger partial charge < -0.3 is 20.3 Å². The van der Waals surface area contributed by atoms with Gasteiger partial charge in [0, 0.05) is 38.3 Å². The van der Waals surface area contributed by atoms with E-state index >= 15 is 0 Å². The molecule has 5 nitrogen and oxygen atoms in total. The fraction of sp³-hybridized carbons (Fsp3) is 0.500. The molecule has 0 saturated carbocycles. The number of hydrogen-bond acceptors (Lipinski definition) is 4. The third-order valence-electron chi connectivity index (χ3n) is 6.36. The lowest BCUT2D eigenvalue weighted by atomic mass is 9.74. The van der Waals surface area contributed by atoms with Crippen molar-refractivity contribution in [3.8, 4) is 0 Å². The average Bonchev–Trinajstić information content (AvgIpc) is 3.09. The van der Waals surface area contributed by atoms with Gasteiger partial charge in [-0.25, -0.2) is 4.98 Å². The second-order valence-corrected chi connectivity index (χ2v) is 8.78. The van der Waals surface area contributed by atoms with Crippen molar-refractivity contribution in [1.82, 2.24) is 10.3 Å². The van der Waals surface area contributed by atoms with Gasteiger partial charge in [0.1, 0.15) is 5.82 Å². The molecule has 0 amide bonds. The molecule has 6 heteroatoms. The molecule has 2 N–H and O–H groups in total. The highest BCUT2D eigenvalue weighted by atomic mass is 32.1. The monoisotopic (exact) mass is 424 g/mol. The number of benzene rings is 1. The van der Waals surface area contributed by atoms with Gasteiger partial charge in [-0.1, -0.05) is 43.2 Å². The van der Waals surface area contributed by atoms with Gasteiger partial charge in [0.25, 0.3) is 0 Å². The molecule has 160 valence electrons. The molecule has 0 atom stereocenters. The predicted molar refractivity (Wildman–Crippen MR) is 127 cm³/mol. The van der Waals surface area contributed by atoms with Crippen molar-refractivity contribution in [2.45, 2.75) is 43.9 Å². The minimum atomic E-state index is 0.0557. The Morgan fingerprint density at radius 1 is 1.00 bits per heavy atom. The molecule has 1 aromatic heterocycles. The Kier molecular flexibility index (Phi) is 7.18. The van der Waals surface area contributed by atoms with E-state index in [0.29, 0.717) is 5.11 Å². The predicted octanol–water partition coefficient (Wildman–Crippen LogP) is 4.50. The van der Waals surface area contributed by atoms with E-state index in [0.717, 1.165) is 57.2 Å². The summed E-state index contributed by atoms with van der Waals surface area (Å²) in [6, 6.07) is 14.9. The molecule has 3 heterocycles. The SMILES string of the molecule is S=C(NCC1(c2ccccc2)CCOCC1)Nc1ccc(N2CCCCCC2)nc1. The molecule has 0 bridgehead atoms. The molecule has 0 spiro atoms. The smallest absolute Gasteiger partial charge is 0.170 e. The summed E-state index contributed by atoms with van der Waals surface area (Å²) in [5.74, 6) is 1.06. The van der Waals surface area contributed by atoms with Crippen molar-refractivity contribution in [2.24, 2.45) is 0 Å². The lowest BCUT2D eigenvalue weighted by Crippen LogP contribution is -2.45. The zero-order valence-corrected chi connectivity index (χ0v) is 18.4. The number of nitrogens with zero attached hydrogens (tertiary/aromatic N) is 2. The van der Waals surface area contributed by atoms with Crippen molar-refractivity contribution < 1.29 is 4.74 Å². The van der Waals surface area contributed by atoms with Crippen LogP contribution in [0, 0.1) is 0 Å². The van der Waals surface area contributed by atoms with Crippen molar-refractivity contribution in [1.29, 1.82) is 0 Å². The van der Waals surface area contributed by atoms with Crippen LogP contribution in [-0.2, 0) is 10.2 Å². The van der Waals surface area contributed by atoms with Gasteiger partial charge in [-0.3, -0.25) is 0 Å². The fourth-order valence-electron chi connectivity index (χ4n) is 4.49. The van der Waals surface area contributed by atoms with Gasteiger partial charge in [-0.05, 0) is 55.6 Å². The zero-order chi connectivity index (χ0) is 20.7. The largest absolute Gasteiger partial charge is 0.381 e. The van der Waals surface area contributed by atoms with Crippen LogP contribution in [0.15, 0.2) is 48.7 Å². The van der Waals surface area contributed by atoms with Crippen molar-refractivity contribution in [2.75, 3.05) is 43.1 Å². The number of aromatic nitrogens is 1. The molecule has 2 aromatic rings. The molecule has 0 aliphatic carbocycles. The Balaban J connectivity index is 1.34. The highest BCUT2D eigenvalue weighted by Crippen LogP contribution is 2.34. The summed E-state index contributed by atoms with van der Waals surface area (Å²) in [4.78, 5) is 7.06. The van der Waals surface area contributed by atoms with E-state index in [1.807, 2.05) is 6.20 Å². The van der Waals surface area contributed by atoms with Gasteiger partial charge in [0.2, 0.25) is 0 Å². The summed E-state index contributed by atoms with van der Waals surface area (Å²) in [6.45, 7) is 4.58. The number of thiocarbonyl (C=S) groups is 1. The minimum absolute atomic E-state index is 0.0557. The molecule has 2 saturated heterocycles. The summed E-state index contributed by atoms with van der Waals surface area (Å²) in [5, 5.41) is 7.39. The van der Waals surface area contributed by atoms with Crippen molar-refractivity contribution >= 4 is 28.8 Å². The first-order valence-corrected chi connectivity index (χ1v) is 11.6. The lowest BCUT2D eigenvalue weighted by Gasteiger charge is -2.38. The van der Waals surface area contributed by atoms with Crippen molar-refractivity contribution in [3.05, 3.63) is 54.2 Å². The molecule has 0 radical (unpaired) electrons. The van der Waals surface area contributed by atoms with E-state index in [1.165, 1.54) is 31.2 Å². The quantitative estimate of drug-likeness (QED) is 0.690. The van der Waals surface area contributed by atoms with Gasteiger partial charge in [-0.15, -0.1) is 0 Å². The van der Waals surface area contributed by atoms with Crippen LogP contribution in [-0.4, -0.2) is 42.9 Å². The standard InChI is InChI=1S/C24H32N4OS/c30-23(26-19-24(12-16-29-17-13-24)20-8-4-3-5-9-20)27-21-10-11-22(25-18-21)28-14-6-1-2-7-15-28/h3-5,8-11,18H,1-2,6-7,12-17,19H2,(H2,26,27,30). The molecule has 1 aromatic carbocycles. The number of ether oxygens (including phenoxy) is 1. The zero-order valence-electron chi connectivity index (χ0n) is 17.6. The molecule has 2 aliphatic heterocycles. The highest BCUT2D eigenvalue weighted by molar-refractivity contribution is 7.80. The Morgan fingerprint density at radius 2 is 1.73 bits per heavy atom. The second-order valence-electron chi connectivity index (χ2n) is 8.37. The van der Waals surface area contributed by atoms with Crippen LogP contribution in [0.5, 0.6) is 0 Å². The number of nitrogens with one attached hydrogen (secondary N) is 2. The Bertz CT molecular complexity index is 798. The van der Waals surface area contributed by atoms with Gasteiger partial charge in [0.15, 0.2) is 5.11 Å². The Labute approximate surface area is 185 Å². The number of rotatable bonds is 5. The second kappa shape index (κ2) is 10.2.